The Kier molecular flexibility index (Phi) is 3.70. The molecule has 0 saturated carbocycles. The van der Waals surface area contributed by atoms with E-state index in [0.29, 0.717) is 12.8 Å². The van der Waals surface area contributed by atoms with Gasteiger partial charge in [-0.1, -0.05) is 19.9 Å². The second-order valence-corrected chi connectivity index (χ2v) is 4.71. The second kappa shape index (κ2) is 4.43. The number of rotatable bonds is 3. The number of hydrogen-bond donors (Lipinski definition) is 3. The van der Waals surface area contributed by atoms with Crippen LogP contribution in [0.25, 0.3) is 0 Å². The summed E-state index contributed by atoms with van der Waals surface area (Å²) < 4.78 is 0. The normalized spacial score (nSPS) is 31.4. The van der Waals surface area contributed by atoms with Crippen molar-refractivity contribution < 1.29 is 15.3 Å². The molecule has 3 N–H and O–H groups in total. The van der Waals surface area contributed by atoms with Crippen LogP contribution in [0.1, 0.15) is 26.7 Å². The SMILES string of the molecule is CC1(C)CC(O)C(CCO)=CC1CO. The highest BCUT2D eigenvalue weighted by Crippen LogP contribution is 2.39. The third-order valence-corrected chi connectivity index (χ3v) is 3.16. The fourth-order valence-electron chi connectivity index (χ4n) is 2.05. The first-order chi connectivity index (χ1) is 6.51. The Morgan fingerprint density at radius 3 is 2.57 bits per heavy atom. The van der Waals surface area contributed by atoms with Gasteiger partial charge in [0.1, 0.15) is 0 Å². The Balaban J connectivity index is 2.82. The van der Waals surface area contributed by atoms with Crippen LogP contribution in [-0.2, 0) is 0 Å². The zero-order chi connectivity index (χ0) is 10.8. The van der Waals surface area contributed by atoms with Crippen molar-refractivity contribution in [2.45, 2.75) is 32.8 Å². The van der Waals surface area contributed by atoms with E-state index >= 15 is 0 Å². The van der Waals surface area contributed by atoms with Crippen LogP contribution in [0.2, 0.25) is 0 Å². The minimum atomic E-state index is -0.458. The molecule has 0 radical (unpaired) electrons. The summed E-state index contributed by atoms with van der Waals surface area (Å²) in [6.07, 6.45) is 2.63. The highest BCUT2D eigenvalue weighted by Gasteiger charge is 2.35. The summed E-state index contributed by atoms with van der Waals surface area (Å²) in [5, 5.41) is 27.8. The molecule has 14 heavy (non-hydrogen) atoms. The molecular weight excluding hydrogens is 180 g/mol. The molecule has 0 spiro atoms. The van der Waals surface area contributed by atoms with E-state index in [4.69, 9.17) is 5.11 Å². The zero-order valence-corrected chi connectivity index (χ0v) is 8.90. The van der Waals surface area contributed by atoms with Crippen LogP contribution in [0, 0.1) is 11.3 Å². The molecule has 0 aromatic carbocycles. The van der Waals surface area contributed by atoms with Crippen LogP contribution in [0.15, 0.2) is 11.6 Å². The summed E-state index contributed by atoms with van der Waals surface area (Å²) in [5.74, 6) is 0.0902. The molecule has 0 aromatic rings. The standard InChI is InChI=1S/C11H20O3/c1-11(2)6-10(14)8(3-4-12)5-9(11)7-13/h5,9-10,12-14H,3-4,6-7H2,1-2H3. The predicted molar refractivity (Wildman–Crippen MR) is 54.8 cm³/mol. The lowest BCUT2D eigenvalue weighted by Crippen LogP contribution is -2.35. The number of hydrogen-bond acceptors (Lipinski definition) is 3. The maximum absolute atomic E-state index is 9.79. The van der Waals surface area contributed by atoms with E-state index in [9.17, 15) is 10.2 Å². The van der Waals surface area contributed by atoms with Gasteiger partial charge in [0.25, 0.3) is 0 Å². The summed E-state index contributed by atoms with van der Waals surface area (Å²) in [4.78, 5) is 0. The molecule has 2 unspecified atom stereocenters. The van der Waals surface area contributed by atoms with Gasteiger partial charge in [0, 0.05) is 19.1 Å². The van der Waals surface area contributed by atoms with E-state index in [-0.39, 0.29) is 24.5 Å². The molecule has 3 nitrogen and oxygen atoms in total. The third-order valence-electron chi connectivity index (χ3n) is 3.16. The summed E-state index contributed by atoms with van der Waals surface area (Å²) in [6, 6.07) is 0. The second-order valence-electron chi connectivity index (χ2n) is 4.71. The third kappa shape index (κ3) is 2.35. The van der Waals surface area contributed by atoms with Gasteiger partial charge in [-0.2, -0.15) is 0 Å². The molecule has 82 valence electrons. The van der Waals surface area contributed by atoms with Crippen LogP contribution >= 0.6 is 0 Å². The smallest absolute Gasteiger partial charge is 0.0756 e. The molecule has 3 heteroatoms. The van der Waals surface area contributed by atoms with Crippen molar-refractivity contribution >= 4 is 0 Å². The lowest BCUT2D eigenvalue weighted by atomic mass is 9.69. The fourth-order valence-corrected chi connectivity index (χ4v) is 2.05. The molecule has 0 saturated heterocycles. The number of aliphatic hydroxyl groups excluding tert-OH is 3. The molecule has 0 aliphatic heterocycles. The largest absolute Gasteiger partial charge is 0.396 e. The van der Waals surface area contributed by atoms with Gasteiger partial charge in [-0.05, 0) is 23.8 Å². The van der Waals surface area contributed by atoms with E-state index in [1.807, 2.05) is 19.9 Å². The summed E-state index contributed by atoms with van der Waals surface area (Å²) in [7, 11) is 0. The van der Waals surface area contributed by atoms with E-state index < -0.39 is 6.10 Å². The molecule has 0 bridgehead atoms. The van der Waals surface area contributed by atoms with Crippen molar-refractivity contribution in [3.8, 4) is 0 Å². The maximum atomic E-state index is 9.79. The molecular formula is C11H20O3. The minimum absolute atomic E-state index is 0.0570. The molecule has 0 fully saturated rings. The van der Waals surface area contributed by atoms with E-state index in [0.717, 1.165) is 5.57 Å². The van der Waals surface area contributed by atoms with Crippen molar-refractivity contribution in [3.63, 3.8) is 0 Å². The highest BCUT2D eigenvalue weighted by atomic mass is 16.3. The Bertz CT molecular complexity index is 221. The molecule has 0 amide bonds. The van der Waals surface area contributed by atoms with Crippen molar-refractivity contribution in [1.82, 2.24) is 0 Å². The van der Waals surface area contributed by atoms with E-state index in [1.165, 1.54) is 0 Å². The molecule has 1 rings (SSSR count). The highest BCUT2D eigenvalue weighted by molar-refractivity contribution is 5.17. The Morgan fingerprint density at radius 1 is 1.43 bits per heavy atom. The predicted octanol–water partition coefficient (Wildman–Crippen LogP) is 0.694. The maximum Gasteiger partial charge on any atom is 0.0756 e. The fraction of sp³-hybridized carbons (Fsp3) is 0.818. The quantitative estimate of drug-likeness (QED) is 0.588. The van der Waals surface area contributed by atoms with Gasteiger partial charge in [-0.3, -0.25) is 0 Å². The Morgan fingerprint density at radius 2 is 2.07 bits per heavy atom. The average molecular weight is 200 g/mol. The zero-order valence-electron chi connectivity index (χ0n) is 8.90. The first-order valence-corrected chi connectivity index (χ1v) is 5.11. The lowest BCUT2D eigenvalue weighted by molar-refractivity contribution is 0.0668. The first kappa shape index (κ1) is 11.7. The van der Waals surface area contributed by atoms with Gasteiger partial charge < -0.3 is 15.3 Å². The van der Waals surface area contributed by atoms with E-state index in [1.54, 1.807) is 0 Å². The van der Waals surface area contributed by atoms with Crippen LogP contribution in [0.3, 0.4) is 0 Å². The Labute approximate surface area is 85.1 Å². The van der Waals surface area contributed by atoms with Gasteiger partial charge in [0.2, 0.25) is 0 Å². The molecule has 1 aliphatic rings. The average Bonchev–Trinajstić information content (AvgIpc) is 2.09. The van der Waals surface area contributed by atoms with Crippen LogP contribution in [0.5, 0.6) is 0 Å². The molecule has 0 heterocycles. The Hall–Kier alpha value is -0.380. The molecule has 0 aromatic heterocycles. The van der Waals surface area contributed by atoms with Crippen LogP contribution in [0.4, 0.5) is 0 Å². The van der Waals surface area contributed by atoms with Crippen LogP contribution in [-0.4, -0.2) is 34.6 Å². The van der Waals surface area contributed by atoms with Crippen LogP contribution < -0.4 is 0 Å². The first-order valence-electron chi connectivity index (χ1n) is 5.11. The molecule has 1 aliphatic carbocycles. The minimum Gasteiger partial charge on any atom is -0.396 e. The van der Waals surface area contributed by atoms with Crippen molar-refractivity contribution in [1.29, 1.82) is 0 Å². The van der Waals surface area contributed by atoms with Gasteiger partial charge in [-0.15, -0.1) is 0 Å². The topological polar surface area (TPSA) is 60.7 Å². The van der Waals surface area contributed by atoms with E-state index in [2.05, 4.69) is 0 Å². The van der Waals surface area contributed by atoms with Gasteiger partial charge in [0.05, 0.1) is 6.10 Å². The van der Waals surface area contributed by atoms with Crippen molar-refractivity contribution in [3.05, 3.63) is 11.6 Å². The van der Waals surface area contributed by atoms with Crippen molar-refractivity contribution in [2.24, 2.45) is 11.3 Å². The summed E-state index contributed by atoms with van der Waals surface area (Å²) >= 11 is 0. The summed E-state index contributed by atoms with van der Waals surface area (Å²) in [6.45, 7) is 4.25. The van der Waals surface area contributed by atoms with Gasteiger partial charge in [-0.25, -0.2) is 0 Å². The molecule has 2 atom stereocenters. The monoisotopic (exact) mass is 200 g/mol. The summed E-state index contributed by atoms with van der Waals surface area (Å²) in [5.41, 5.74) is 0.804. The van der Waals surface area contributed by atoms with Gasteiger partial charge in [0.15, 0.2) is 0 Å². The lowest BCUT2D eigenvalue weighted by Gasteiger charge is -2.38. The number of aliphatic hydroxyl groups is 3. The van der Waals surface area contributed by atoms with Gasteiger partial charge >= 0.3 is 0 Å². The van der Waals surface area contributed by atoms with Crippen molar-refractivity contribution in [2.75, 3.05) is 13.2 Å².